The Hall–Kier alpha value is -2.57. The highest BCUT2D eigenvalue weighted by molar-refractivity contribution is 8.26. The summed E-state index contributed by atoms with van der Waals surface area (Å²) in [6.45, 7) is 3.33. The summed E-state index contributed by atoms with van der Waals surface area (Å²) in [7, 11) is 0. The molecule has 4 rings (SSSR count). The van der Waals surface area contributed by atoms with Gasteiger partial charge in [-0.1, -0.05) is 60.4 Å². The lowest BCUT2D eigenvalue weighted by Crippen LogP contribution is -2.17. The van der Waals surface area contributed by atoms with E-state index in [4.69, 9.17) is 17.0 Å². The molecule has 2 heterocycles. The van der Waals surface area contributed by atoms with Gasteiger partial charge in [-0.05, 0) is 30.7 Å². The van der Waals surface area contributed by atoms with Gasteiger partial charge in [-0.15, -0.1) is 0 Å². The van der Waals surface area contributed by atoms with Crippen LogP contribution in [0.3, 0.4) is 0 Å². The third-order valence-electron chi connectivity index (χ3n) is 4.43. The predicted octanol–water partition coefficient (Wildman–Crippen LogP) is 4.52. The molecule has 1 saturated heterocycles. The largest absolute Gasteiger partial charge is 0.491 e. The summed E-state index contributed by atoms with van der Waals surface area (Å²) < 4.78 is 8.61. The van der Waals surface area contributed by atoms with E-state index in [1.54, 1.807) is 0 Å². The van der Waals surface area contributed by atoms with Crippen LogP contribution < -0.4 is 10.1 Å². The van der Waals surface area contributed by atoms with Gasteiger partial charge < -0.3 is 14.6 Å². The van der Waals surface area contributed by atoms with Crippen LogP contribution in [0.15, 0.2) is 59.6 Å². The van der Waals surface area contributed by atoms with Gasteiger partial charge in [0.2, 0.25) is 0 Å². The smallest absolute Gasteiger partial charge is 0.263 e. The summed E-state index contributed by atoms with van der Waals surface area (Å²) in [6.07, 6.45) is 3.97. The molecule has 136 valence electrons. The molecule has 1 aliphatic rings. The maximum absolute atomic E-state index is 12.0. The van der Waals surface area contributed by atoms with Crippen molar-refractivity contribution in [1.82, 2.24) is 9.88 Å². The van der Waals surface area contributed by atoms with E-state index in [0.717, 1.165) is 34.3 Å². The fraction of sp³-hybridized carbons (Fsp3) is 0.143. The van der Waals surface area contributed by atoms with Crippen molar-refractivity contribution < 1.29 is 9.53 Å². The van der Waals surface area contributed by atoms with Crippen LogP contribution >= 0.6 is 24.0 Å². The van der Waals surface area contributed by atoms with Gasteiger partial charge in [-0.2, -0.15) is 0 Å². The molecule has 27 heavy (non-hydrogen) atoms. The number of amides is 1. The van der Waals surface area contributed by atoms with E-state index >= 15 is 0 Å². The number of carbonyl (C=O) groups is 1. The number of carbonyl (C=O) groups excluding carboxylic acids is 1. The minimum Gasteiger partial charge on any atom is -0.491 e. The Morgan fingerprint density at radius 1 is 1.19 bits per heavy atom. The normalized spacial score (nSPS) is 15.5. The van der Waals surface area contributed by atoms with Crippen LogP contribution in [0.5, 0.6) is 5.75 Å². The number of nitrogens with one attached hydrogen (secondary N) is 1. The van der Waals surface area contributed by atoms with Crippen molar-refractivity contribution in [3.05, 3.63) is 70.8 Å². The van der Waals surface area contributed by atoms with Crippen LogP contribution in [-0.4, -0.2) is 21.4 Å². The molecule has 4 nitrogen and oxygen atoms in total. The number of fused-ring (bicyclic) bond motifs is 1. The average Bonchev–Trinajstić information content (AvgIpc) is 3.17. The predicted molar refractivity (Wildman–Crippen MR) is 115 cm³/mol. The van der Waals surface area contributed by atoms with E-state index in [0.29, 0.717) is 15.8 Å². The first-order chi connectivity index (χ1) is 13.1. The zero-order chi connectivity index (χ0) is 18.8. The van der Waals surface area contributed by atoms with Crippen molar-refractivity contribution in [2.45, 2.75) is 13.5 Å². The highest BCUT2D eigenvalue weighted by Crippen LogP contribution is 2.30. The van der Waals surface area contributed by atoms with E-state index in [-0.39, 0.29) is 5.91 Å². The quantitative estimate of drug-likeness (QED) is 0.510. The lowest BCUT2D eigenvalue weighted by Gasteiger charge is -2.10. The Kier molecular flexibility index (Phi) is 5.01. The van der Waals surface area contributed by atoms with E-state index in [1.165, 1.54) is 11.8 Å². The lowest BCUT2D eigenvalue weighted by molar-refractivity contribution is -0.115. The molecule has 1 amide bonds. The highest BCUT2D eigenvalue weighted by Gasteiger charge is 2.22. The number of rotatable bonds is 5. The van der Waals surface area contributed by atoms with Gasteiger partial charge in [-0.25, -0.2) is 0 Å². The van der Waals surface area contributed by atoms with Crippen molar-refractivity contribution in [2.75, 3.05) is 6.61 Å². The number of thiocarbonyl (C=S) groups is 1. The second-order valence-corrected chi connectivity index (χ2v) is 7.98. The van der Waals surface area contributed by atoms with Crippen molar-refractivity contribution in [3.63, 3.8) is 0 Å². The number of nitrogens with zero attached hydrogens (tertiary/aromatic N) is 1. The number of ether oxygens (including phenoxy) is 1. The molecule has 1 aliphatic heterocycles. The second-order valence-electron chi connectivity index (χ2n) is 6.26. The highest BCUT2D eigenvalue weighted by atomic mass is 32.2. The first-order valence-corrected chi connectivity index (χ1v) is 9.85. The Bertz CT molecular complexity index is 1070. The number of thioether (sulfide) groups is 1. The topological polar surface area (TPSA) is 43.3 Å². The first kappa shape index (κ1) is 17.8. The van der Waals surface area contributed by atoms with Crippen LogP contribution in [0.4, 0.5) is 0 Å². The SMILES string of the molecule is Cc1ccccc1OCCn1cc(C=C2SC(=S)NC2=O)c2ccccc21. The van der Waals surface area contributed by atoms with Gasteiger partial charge in [0.1, 0.15) is 16.7 Å². The van der Waals surface area contributed by atoms with Crippen LogP contribution in [0.25, 0.3) is 17.0 Å². The molecule has 0 radical (unpaired) electrons. The lowest BCUT2D eigenvalue weighted by atomic mass is 10.1. The minimum absolute atomic E-state index is 0.135. The molecule has 2 aromatic carbocycles. The zero-order valence-corrected chi connectivity index (χ0v) is 16.4. The summed E-state index contributed by atoms with van der Waals surface area (Å²) in [5.41, 5.74) is 3.24. The summed E-state index contributed by atoms with van der Waals surface area (Å²) in [4.78, 5) is 12.6. The summed E-state index contributed by atoms with van der Waals surface area (Å²) in [5, 5.41) is 3.76. The Labute approximate surface area is 167 Å². The van der Waals surface area contributed by atoms with E-state index in [1.807, 2.05) is 49.4 Å². The monoisotopic (exact) mass is 394 g/mol. The van der Waals surface area contributed by atoms with Gasteiger partial charge in [0.25, 0.3) is 5.91 Å². The fourth-order valence-corrected chi connectivity index (χ4v) is 4.14. The molecular weight excluding hydrogens is 376 g/mol. The molecule has 1 fully saturated rings. The zero-order valence-electron chi connectivity index (χ0n) is 14.8. The molecule has 0 bridgehead atoms. The van der Waals surface area contributed by atoms with Crippen molar-refractivity contribution >= 4 is 51.2 Å². The van der Waals surface area contributed by atoms with Crippen molar-refractivity contribution in [1.29, 1.82) is 0 Å². The average molecular weight is 395 g/mol. The Morgan fingerprint density at radius 2 is 1.96 bits per heavy atom. The van der Waals surface area contributed by atoms with Gasteiger partial charge in [0, 0.05) is 22.7 Å². The molecule has 6 heteroatoms. The van der Waals surface area contributed by atoms with Crippen LogP contribution in [-0.2, 0) is 11.3 Å². The number of hydrogen-bond donors (Lipinski definition) is 1. The van der Waals surface area contributed by atoms with Gasteiger partial charge in [0.05, 0.1) is 11.4 Å². The molecule has 1 aromatic heterocycles. The number of para-hydroxylation sites is 2. The third-order valence-corrected chi connectivity index (χ3v) is 5.59. The molecule has 0 spiro atoms. The first-order valence-electron chi connectivity index (χ1n) is 8.63. The maximum Gasteiger partial charge on any atom is 0.263 e. The van der Waals surface area contributed by atoms with Gasteiger partial charge in [-0.3, -0.25) is 4.79 Å². The van der Waals surface area contributed by atoms with E-state index in [2.05, 4.69) is 28.2 Å². The number of aromatic nitrogens is 1. The molecule has 1 N–H and O–H groups in total. The van der Waals surface area contributed by atoms with Crippen molar-refractivity contribution in [2.24, 2.45) is 0 Å². The molecule has 3 aromatic rings. The number of benzene rings is 2. The number of aryl methyl sites for hydroxylation is 1. The minimum atomic E-state index is -0.135. The van der Waals surface area contributed by atoms with E-state index < -0.39 is 0 Å². The third kappa shape index (κ3) is 3.77. The van der Waals surface area contributed by atoms with Crippen LogP contribution in [0, 0.1) is 6.92 Å². The summed E-state index contributed by atoms with van der Waals surface area (Å²) in [5.74, 6) is 0.772. The van der Waals surface area contributed by atoms with E-state index in [9.17, 15) is 4.79 Å². The molecule has 0 unspecified atom stereocenters. The van der Waals surface area contributed by atoms with Gasteiger partial charge in [0.15, 0.2) is 0 Å². The Balaban J connectivity index is 1.59. The van der Waals surface area contributed by atoms with Crippen LogP contribution in [0.1, 0.15) is 11.1 Å². The Morgan fingerprint density at radius 3 is 2.74 bits per heavy atom. The van der Waals surface area contributed by atoms with Gasteiger partial charge >= 0.3 is 0 Å². The molecule has 0 saturated carbocycles. The summed E-state index contributed by atoms with van der Waals surface area (Å²) >= 11 is 6.37. The van der Waals surface area contributed by atoms with Crippen LogP contribution in [0.2, 0.25) is 0 Å². The standard InChI is InChI=1S/C21H18N2O2S2/c1-14-6-2-5-9-18(14)25-11-10-23-13-15(16-7-3-4-8-17(16)23)12-19-20(24)22-21(26)27-19/h2-9,12-13H,10-11H2,1H3,(H,22,24,26). The second kappa shape index (κ2) is 7.58. The number of hydrogen-bond acceptors (Lipinski definition) is 4. The molecule has 0 aliphatic carbocycles. The summed E-state index contributed by atoms with van der Waals surface area (Å²) in [6, 6.07) is 16.2. The van der Waals surface area contributed by atoms with Crippen molar-refractivity contribution in [3.8, 4) is 5.75 Å². The fourth-order valence-electron chi connectivity index (χ4n) is 3.11. The molecular formula is C21H18N2O2S2. The molecule has 0 atom stereocenters. The maximum atomic E-state index is 12.0.